The van der Waals surface area contributed by atoms with Gasteiger partial charge in [-0.2, -0.15) is 23.3 Å². The number of carboxylic acid groups (broad SMARTS) is 1. The first-order valence-electron chi connectivity index (χ1n) is 10.5. The van der Waals surface area contributed by atoms with Crippen molar-refractivity contribution in [2.45, 2.75) is 13.1 Å². The summed E-state index contributed by atoms with van der Waals surface area (Å²) in [4.78, 5) is 31.2. The van der Waals surface area contributed by atoms with Crippen LogP contribution < -0.4 is 5.32 Å². The summed E-state index contributed by atoms with van der Waals surface area (Å²) >= 11 is 0. The molecular formula is C25H18F3N5O3. The number of Topliss-reactive ketones (excluding diaryl/α,β-unsaturated/α-hetero) is 1. The fourth-order valence-electron chi connectivity index (χ4n) is 3.33. The van der Waals surface area contributed by atoms with Gasteiger partial charge < -0.3 is 10.4 Å². The molecule has 2 aromatic heterocycles. The van der Waals surface area contributed by atoms with E-state index in [4.69, 9.17) is 5.11 Å². The molecule has 4 rings (SSSR count). The van der Waals surface area contributed by atoms with Crippen LogP contribution in [0, 0.1) is 0 Å². The van der Waals surface area contributed by atoms with Gasteiger partial charge in [-0.25, -0.2) is 14.5 Å². The molecule has 0 radical (unpaired) electrons. The molecule has 0 saturated carbocycles. The molecule has 0 fully saturated rings. The van der Waals surface area contributed by atoms with Crippen LogP contribution in [0.2, 0.25) is 0 Å². The number of aliphatic carboxylic acids is 1. The van der Waals surface area contributed by atoms with Crippen LogP contribution in [0.15, 0.2) is 73.1 Å². The summed E-state index contributed by atoms with van der Waals surface area (Å²) in [5.41, 5.74) is 1.34. The van der Waals surface area contributed by atoms with E-state index in [0.717, 1.165) is 23.0 Å². The van der Waals surface area contributed by atoms with Crippen molar-refractivity contribution in [2.24, 2.45) is 0 Å². The predicted octanol–water partition coefficient (Wildman–Crippen LogP) is 5.39. The molecule has 2 aromatic carbocycles. The molecule has 2 heterocycles. The summed E-state index contributed by atoms with van der Waals surface area (Å²) in [6.45, 7) is 1.43. The monoisotopic (exact) mass is 493 g/mol. The Kier molecular flexibility index (Phi) is 6.64. The molecule has 8 nitrogen and oxygen atoms in total. The minimum atomic E-state index is -4.64. The number of rotatable bonds is 7. The van der Waals surface area contributed by atoms with Gasteiger partial charge in [-0.05, 0) is 48.4 Å². The van der Waals surface area contributed by atoms with Crippen LogP contribution in [-0.4, -0.2) is 36.6 Å². The highest BCUT2D eigenvalue weighted by molar-refractivity contribution is 5.95. The number of benzene rings is 2. The molecule has 0 aliphatic heterocycles. The van der Waals surface area contributed by atoms with Gasteiger partial charge in [0, 0.05) is 35.3 Å². The van der Waals surface area contributed by atoms with Gasteiger partial charge in [0.2, 0.25) is 5.95 Å². The number of carbonyl (C=O) groups excluding carboxylic acids is 1. The van der Waals surface area contributed by atoms with Crippen LogP contribution in [0.3, 0.4) is 0 Å². The standard InChI is InChI=1S/C25H18F3N5O3/c1-15(34)17-5-3-7-19(13-17)30-24-29-14-20(18-6-2-4-16(12-18)8-9-22(35)36)23(31-24)33-11-10-21(32-33)25(26,27)28/h2-14H,1H3,(H,35,36)(H,29,30,31)/b9-8+. The third kappa shape index (κ3) is 5.63. The van der Waals surface area contributed by atoms with Gasteiger partial charge in [-0.15, -0.1) is 0 Å². The molecule has 0 atom stereocenters. The van der Waals surface area contributed by atoms with Crippen molar-refractivity contribution in [3.05, 3.63) is 89.9 Å². The van der Waals surface area contributed by atoms with E-state index in [2.05, 4.69) is 20.4 Å². The Balaban J connectivity index is 1.80. The lowest BCUT2D eigenvalue weighted by Crippen LogP contribution is -2.10. The second-order valence-electron chi connectivity index (χ2n) is 7.63. The normalized spacial score (nSPS) is 11.6. The summed E-state index contributed by atoms with van der Waals surface area (Å²) in [6.07, 6.45) is 0.285. The molecule has 182 valence electrons. The van der Waals surface area contributed by atoms with Gasteiger partial charge in [0.1, 0.15) is 0 Å². The molecule has 0 bridgehead atoms. The number of hydrogen-bond acceptors (Lipinski definition) is 6. The lowest BCUT2D eigenvalue weighted by atomic mass is 10.0. The zero-order valence-electron chi connectivity index (χ0n) is 18.7. The molecular weight excluding hydrogens is 475 g/mol. The van der Waals surface area contributed by atoms with Crippen LogP contribution in [0.1, 0.15) is 28.5 Å². The average Bonchev–Trinajstić information content (AvgIpc) is 3.34. The molecule has 0 aliphatic rings. The molecule has 36 heavy (non-hydrogen) atoms. The number of carbonyl (C=O) groups is 2. The van der Waals surface area contributed by atoms with E-state index in [1.165, 1.54) is 19.2 Å². The molecule has 11 heteroatoms. The van der Waals surface area contributed by atoms with Gasteiger partial charge in [0.25, 0.3) is 0 Å². The van der Waals surface area contributed by atoms with Crippen molar-refractivity contribution in [2.75, 3.05) is 5.32 Å². The Morgan fingerprint density at radius 1 is 1.08 bits per heavy atom. The second-order valence-corrected chi connectivity index (χ2v) is 7.63. The first-order valence-corrected chi connectivity index (χ1v) is 10.5. The number of ketones is 1. The summed E-state index contributed by atoms with van der Waals surface area (Å²) in [5.74, 6) is -1.13. The fourth-order valence-corrected chi connectivity index (χ4v) is 3.33. The molecule has 0 unspecified atom stereocenters. The number of alkyl halides is 3. The first-order chi connectivity index (χ1) is 17.1. The van der Waals surface area contributed by atoms with Crippen LogP contribution in [0.5, 0.6) is 0 Å². The zero-order valence-corrected chi connectivity index (χ0v) is 18.7. The highest BCUT2D eigenvalue weighted by Gasteiger charge is 2.34. The van der Waals surface area contributed by atoms with Crippen molar-refractivity contribution in [3.8, 4) is 16.9 Å². The molecule has 4 aromatic rings. The number of nitrogens with zero attached hydrogens (tertiary/aromatic N) is 4. The highest BCUT2D eigenvalue weighted by atomic mass is 19.4. The second kappa shape index (κ2) is 9.82. The molecule has 0 spiro atoms. The minimum absolute atomic E-state index is 0.0603. The van der Waals surface area contributed by atoms with Crippen molar-refractivity contribution in [3.63, 3.8) is 0 Å². The smallest absolute Gasteiger partial charge is 0.435 e. The van der Waals surface area contributed by atoms with Crippen molar-refractivity contribution >= 4 is 29.5 Å². The molecule has 0 aliphatic carbocycles. The maximum atomic E-state index is 13.2. The van der Waals surface area contributed by atoms with Crippen molar-refractivity contribution < 1.29 is 27.9 Å². The minimum Gasteiger partial charge on any atom is -0.478 e. The predicted molar refractivity (Wildman–Crippen MR) is 126 cm³/mol. The third-order valence-corrected chi connectivity index (χ3v) is 5.01. The summed E-state index contributed by atoms with van der Waals surface area (Å²) in [7, 11) is 0. The Hall–Kier alpha value is -4.80. The Morgan fingerprint density at radius 2 is 1.86 bits per heavy atom. The van der Waals surface area contributed by atoms with E-state index >= 15 is 0 Å². The quantitative estimate of drug-likeness (QED) is 0.262. The van der Waals surface area contributed by atoms with Gasteiger partial charge >= 0.3 is 12.1 Å². The van der Waals surface area contributed by atoms with Crippen molar-refractivity contribution in [1.82, 2.24) is 19.7 Å². The number of anilines is 2. The Morgan fingerprint density at radius 3 is 2.56 bits per heavy atom. The van der Waals surface area contributed by atoms with E-state index in [-0.39, 0.29) is 17.5 Å². The molecule has 2 N–H and O–H groups in total. The molecule has 0 saturated heterocycles. The van der Waals surface area contributed by atoms with E-state index < -0.39 is 17.8 Å². The number of carboxylic acids is 1. The van der Waals surface area contributed by atoms with E-state index in [9.17, 15) is 22.8 Å². The topological polar surface area (TPSA) is 110 Å². The number of aromatic nitrogens is 4. The summed E-state index contributed by atoms with van der Waals surface area (Å²) in [5, 5.41) is 15.5. The lowest BCUT2D eigenvalue weighted by Gasteiger charge is -2.13. The number of nitrogens with one attached hydrogen (secondary N) is 1. The SMILES string of the molecule is CC(=O)c1cccc(Nc2ncc(-c3cccc(/C=C/C(=O)O)c3)c(-n3ccc(C(F)(F)F)n3)n2)c1. The average molecular weight is 493 g/mol. The Labute approximate surface area is 202 Å². The first kappa shape index (κ1) is 24.3. The van der Waals surface area contributed by atoms with Gasteiger partial charge in [-0.1, -0.05) is 30.3 Å². The van der Waals surface area contributed by atoms with Crippen LogP contribution in [0.25, 0.3) is 23.0 Å². The van der Waals surface area contributed by atoms with Crippen molar-refractivity contribution in [1.29, 1.82) is 0 Å². The summed E-state index contributed by atoms with van der Waals surface area (Å²) < 4.78 is 40.6. The van der Waals surface area contributed by atoms with Crippen LogP contribution in [-0.2, 0) is 11.0 Å². The van der Waals surface area contributed by atoms with E-state index in [0.29, 0.717) is 27.9 Å². The number of halogens is 3. The number of hydrogen-bond donors (Lipinski definition) is 2. The molecule has 0 amide bonds. The van der Waals surface area contributed by atoms with Gasteiger partial charge in [-0.3, -0.25) is 4.79 Å². The van der Waals surface area contributed by atoms with Gasteiger partial charge in [0.05, 0.1) is 0 Å². The largest absolute Gasteiger partial charge is 0.478 e. The van der Waals surface area contributed by atoms with Crippen LogP contribution >= 0.6 is 0 Å². The maximum absolute atomic E-state index is 13.2. The highest BCUT2D eigenvalue weighted by Crippen LogP contribution is 2.31. The lowest BCUT2D eigenvalue weighted by molar-refractivity contribution is -0.141. The van der Waals surface area contributed by atoms with Gasteiger partial charge in [0.15, 0.2) is 17.3 Å². The summed E-state index contributed by atoms with van der Waals surface area (Å²) in [6, 6.07) is 14.1. The van der Waals surface area contributed by atoms with Crippen LogP contribution in [0.4, 0.5) is 24.8 Å². The van der Waals surface area contributed by atoms with E-state index in [1.807, 2.05) is 0 Å². The fraction of sp³-hybridized carbons (Fsp3) is 0.0800. The third-order valence-electron chi connectivity index (χ3n) is 5.01. The van der Waals surface area contributed by atoms with E-state index in [1.54, 1.807) is 48.5 Å². The maximum Gasteiger partial charge on any atom is 0.435 e. The Bertz CT molecular complexity index is 1480. The zero-order chi connectivity index (χ0) is 25.9.